The van der Waals surface area contributed by atoms with E-state index in [4.69, 9.17) is 15.6 Å². The van der Waals surface area contributed by atoms with Gasteiger partial charge in [0.25, 0.3) is 5.91 Å². The summed E-state index contributed by atoms with van der Waals surface area (Å²) in [4.78, 5) is 17.0. The number of amides is 1. The van der Waals surface area contributed by atoms with Gasteiger partial charge in [0, 0.05) is 20.2 Å². The molecular weight excluding hydrogens is 241 g/mol. The maximum absolute atomic E-state index is 13.0. The van der Waals surface area contributed by atoms with Crippen LogP contribution in [0.15, 0.2) is 12.3 Å². The first kappa shape index (κ1) is 14.3. The number of hydrogen-bond acceptors (Lipinski definition) is 5. The number of aliphatic hydroxyl groups excluding tert-OH is 1. The molecule has 1 heterocycles. The fourth-order valence-corrected chi connectivity index (χ4v) is 1.43. The molecule has 1 aromatic heterocycles. The highest BCUT2D eigenvalue weighted by Crippen LogP contribution is 2.12. The predicted octanol–water partition coefficient (Wildman–Crippen LogP) is -0.116. The van der Waals surface area contributed by atoms with Crippen LogP contribution in [0.5, 0.6) is 0 Å². The summed E-state index contributed by atoms with van der Waals surface area (Å²) in [6, 6.07) is 1.03. The first-order valence-corrected chi connectivity index (χ1v) is 5.40. The minimum Gasteiger partial charge on any atom is -0.395 e. The van der Waals surface area contributed by atoms with Gasteiger partial charge in [-0.1, -0.05) is 0 Å². The summed E-state index contributed by atoms with van der Waals surface area (Å²) in [7, 11) is 1.50. The molecule has 0 saturated heterocycles. The topological polar surface area (TPSA) is 88.7 Å². The first-order valence-electron chi connectivity index (χ1n) is 5.40. The molecule has 7 heteroatoms. The minimum absolute atomic E-state index is 0.0143. The molecule has 0 atom stereocenters. The largest absolute Gasteiger partial charge is 0.395 e. The third-order valence-electron chi connectivity index (χ3n) is 2.34. The average Bonchev–Trinajstić information content (AvgIpc) is 2.36. The lowest BCUT2D eigenvalue weighted by Gasteiger charge is -2.21. The Balaban J connectivity index is 2.90. The quantitative estimate of drug-likeness (QED) is 0.742. The molecule has 0 aliphatic rings. The van der Waals surface area contributed by atoms with E-state index >= 15 is 0 Å². The molecule has 0 radical (unpaired) electrons. The van der Waals surface area contributed by atoms with Crippen molar-refractivity contribution in [2.75, 3.05) is 39.1 Å². The maximum Gasteiger partial charge on any atom is 0.257 e. The number of aliphatic hydroxyl groups is 1. The number of nitrogen functional groups attached to an aromatic ring is 1. The normalized spacial score (nSPS) is 10.4. The van der Waals surface area contributed by atoms with Crippen LogP contribution < -0.4 is 5.73 Å². The molecule has 1 aromatic rings. The van der Waals surface area contributed by atoms with Crippen LogP contribution in [0, 0.1) is 5.82 Å². The smallest absolute Gasteiger partial charge is 0.257 e. The molecule has 6 nitrogen and oxygen atoms in total. The Labute approximate surface area is 104 Å². The van der Waals surface area contributed by atoms with Gasteiger partial charge in [0.1, 0.15) is 11.6 Å². The predicted molar refractivity (Wildman–Crippen MR) is 63.5 cm³/mol. The Morgan fingerprint density at radius 1 is 1.61 bits per heavy atom. The number of pyridine rings is 1. The molecule has 0 aromatic carbocycles. The highest BCUT2D eigenvalue weighted by molar-refractivity contribution is 5.98. The number of methoxy groups -OCH3 is 1. The van der Waals surface area contributed by atoms with E-state index in [-0.39, 0.29) is 31.1 Å². The van der Waals surface area contributed by atoms with Gasteiger partial charge in [0.2, 0.25) is 0 Å². The van der Waals surface area contributed by atoms with Crippen molar-refractivity contribution in [2.45, 2.75) is 0 Å². The number of halogens is 1. The van der Waals surface area contributed by atoms with Gasteiger partial charge in [-0.05, 0) is 6.07 Å². The van der Waals surface area contributed by atoms with E-state index in [1.807, 2.05) is 0 Å². The van der Waals surface area contributed by atoms with Crippen LogP contribution in [0.2, 0.25) is 0 Å². The highest BCUT2D eigenvalue weighted by Gasteiger charge is 2.19. The molecule has 0 fully saturated rings. The van der Waals surface area contributed by atoms with Crippen LogP contribution in [0.3, 0.4) is 0 Å². The fraction of sp³-hybridized carbons (Fsp3) is 0.455. The number of hydrogen-bond donors (Lipinski definition) is 2. The number of rotatable bonds is 6. The summed E-state index contributed by atoms with van der Waals surface area (Å²) >= 11 is 0. The fourth-order valence-electron chi connectivity index (χ4n) is 1.43. The molecule has 100 valence electrons. The van der Waals surface area contributed by atoms with Crippen LogP contribution in [0.4, 0.5) is 10.2 Å². The zero-order valence-electron chi connectivity index (χ0n) is 10.1. The molecular formula is C11H16FN3O3. The molecule has 0 saturated carbocycles. The van der Waals surface area contributed by atoms with Crippen molar-refractivity contribution in [3.8, 4) is 0 Å². The number of aromatic nitrogens is 1. The summed E-state index contributed by atoms with van der Waals surface area (Å²) < 4.78 is 17.9. The van der Waals surface area contributed by atoms with Gasteiger partial charge in [-0.25, -0.2) is 9.37 Å². The van der Waals surface area contributed by atoms with Crippen LogP contribution in [0.25, 0.3) is 0 Å². The van der Waals surface area contributed by atoms with E-state index < -0.39 is 11.7 Å². The summed E-state index contributed by atoms with van der Waals surface area (Å²) in [5, 5.41) is 8.90. The Morgan fingerprint density at radius 2 is 2.33 bits per heavy atom. The monoisotopic (exact) mass is 257 g/mol. The lowest BCUT2D eigenvalue weighted by molar-refractivity contribution is 0.0656. The van der Waals surface area contributed by atoms with Crippen molar-refractivity contribution >= 4 is 11.7 Å². The standard InChI is InChI=1S/C11H16FN3O3/c1-18-5-3-15(2-4-16)11(17)9-6-8(12)7-14-10(9)13/h6-7,16H,2-5H2,1H3,(H2,13,14). The number of nitrogens with two attached hydrogens (primary N) is 1. The van der Waals surface area contributed by atoms with Crippen molar-refractivity contribution in [1.29, 1.82) is 0 Å². The van der Waals surface area contributed by atoms with Gasteiger partial charge in [0.15, 0.2) is 0 Å². The van der Waals surface area contributed by atoms with E-state index in [0.717, 1.165) is 12.3 Å². The zero-order valence-corrected chi connectivity index (χ0v) is 10.1. The van der Waals surface area contributed by atoms with Crippen LogP contribution in [-0.2, 0) is 4.74 Å². The molecule has 0 bridgehead atoms. The van der Waals surface area contributed by atoms with Gasteiger partial charge >= 0.3 is 0 Å². The van der Waals surface area contributed by atoms with E-state index in [0.29, 0.717) is 6.61 Å². The molecule has 18 heavy (non-hydrogen) atoms. The van der Waals surface area contributed by atoms with Gasteiger partial charge < -0.3 is 20.5 Å². The third kappa shape index (κ3) is 3.64. The van der Waals surface area contributed by atoms with Crippen molar-refractivity contribution < 1.29 is 19.0 Å². The Hall–Kier alpha value is -1.73. The molecule has 0 aliphatic heterocycles. The van der Waals surface area contributed by atoms with Gasteiger partial charge in [-0.15, -0.1) is 0 Å². The van der Waals surface area contributed by atoms with Crippen LogP contribution in [-0.4, -0.2) is 54.3 Å². The number of ether oxygens (including phenoxy) is 1. The summed E-state index contributed by atoms with van der Waals surface area (Å²) in [5.74, 6) is -1.16. The highest BCUT2D eigenvalue weighted by atomic mass is 19.1. The number of anilines is 1. The SMILES string of the molecule is COCCN(CCO)C(=O)c1cc(F)cnc1N. The van der Waals surface area contributed by atoms with E-state index in [2.05, 4.69) is 4.98 Å². The molecule has 0 unspecified atom stereocenters. The second kappa shape index (κ2) is 6.87. The molecule has 0 spiro atoms. The molecule has 0 aliphatic carbocycles. The van der Waals surface area contributed by atoms with Crippen LogP contribution >= 0.6 is 0 Å². The van der Waals surface area contributed by atoms with Crippen molar-refractivity contribution in [3.05, 3.63) is 23.6 Å². The average molecular weight is 257 g/mol. The lowest BCUT2D eigenvalue weighted by Crippen LogP contribution is -2.36. The second-order valence-electron chi connectivity index (χ2n) is 3.59. The van der Waals surface area contributed by atoms with Gasteiger partial charge in [0.05, 0.1) is 25.0 Å². The summed E-state index contributed by atoms with van der Waals surface area (Å²) in [6.45, 7) is 0.524. The molecule has 1 rings (SSSR count). The number of carbonyl (C=O) groups excluding carboxylic acids is 1. The van der Waals surface area contributed by atoms with Crippen molar-refractivity contribution in [3.63, 3.8) is 0 Å². The zero-order chi connectivity index (χ0) is 13.5. The van der Waals surface area contributed by atoms with Gasteiger partial charge in [-0.3, -0.25) is 4.79 Å². The Kier molecular flexibility index (Phi) is 5.47. The van der Waals surface area contributed by atoms with Crippen molar-refractivity contribution in [2.24, 2.45) is 0 Å². The minimum atomic E-state index is -0.636. The summed E-state index contributed by atoms with van der Waals surface area (Å²) in [5.41, 5.74) is 5.52. The van der Waals surface area contributed by atoms with E-state index in [9.17, 15) is 9.18 Å². The lowest BCUT2D eigenvalue weighted by atomic mass is 10.2. The van der Waals surface area contributed by atoms with Gasteiger partial charge in [-0.2, -0.15) is 0 Å². The summed E-state index contributed by atoms with van der Waals surface area (Å²) in [6.07, 6.45) is 0.942. The third-order valence-corrected chi connectivity index (χ3v) is 2.34. The number of carbonyl (C=O) groups is 1. The van der Waals surface area contributed by atoms with Crippen molar-refractivity contribution in [1.82, 2.24) is 9.88 Å². The van der Waals surface area contributed by atoms with Crippen LogP contribution in [0.1, 0.15) is 10.4 Å². The molecule has 3 N–H and O–H groups in total. The number of nitrogens with zero attached hydrogens (tertiary/aromatic N) is 2. The second-order valence-corrected chi connectivity index (χ2v) is 3.59. The molecule has 1 amide bonds. The Morgan fingerprint density at radius 3 is 2.94 bits per heavy atom. The van der Waals surface area contributed by atoms with E-state index in [1.54, 1.807) is 0 Å². The van der Waals surface area contributed by atoms with E-state index in [1.165, 1.54) is 12.0 Å². The maximum atomic E-state index is 13.0. The first-order chi connectivity index (χ1) is 8.60. The Bertz CT molecular complexity index is 415.